The van der Waals surface area contributed by atoms with Crippen molar-refractivity contribution in [2.75, 3.05) is 22.6 Å². The molecule has 0 aliphatic carbocycles. The predicted molar refractivity (Wildman–Crippen MR) is 71.2 cm³/mol. The van der Waals surface area contributed by atoms with E-state index in [-0.39, 0.29) is 0 Å². The van der Waals surface area contributed by atoms with Crippen LogP contribution in [0.2, 0.25) is 0 Å². The van der Waals surface area contributed by atoms with Gasteiger partial charge >= 0.3 is 0 Å². The number of nitrogens with zero attached hydrogens (tertiary/aromatic N) is 2. The molecule has 2 heterocycles. The number of rotatable bonds is 3. The van der Waals surface area contributed by atoms with E-state index < -0.39 is 0 Å². The first kappa shape index (κ1) is 11.5. The molecule has 15 heavy (non-hydrogen) atoms. The number of thioether (sulfide) groups is 2. The van der Waals surface area contributed by atoms with E-state index in [9.17, 15) is 0 Å². The quantitative estimate of drug-likeness (QED) is 0.905. The fourth-order valence-corrected chi connectivity index (χ4v) is 4.74. The van der Waals surface area contributed by atoms with Gasteiger partial charge in [0.2, 0.25) is 5.13 Å². The van der Waals surface area contributed by atoms with Crippen molar-refractivity contribution in [3.63, 3.8) is 0 Å². The fraction of sp³-hybridized carbons (Fsp3) is 0.778. The molecular weight excluding hydrogens is 246 g/mol. The van der Waals surface area contributed by atoms with Crippen molar-refractivity contribution in [3.05, 3.63) is 5.82 Å². The minimum absolute atomic E-state index is 0.430. The molecule has 0 spiro atoms. The van der Waals surface area contributed by atoms with Crippen molar-refractivity contribution < 1.29 is 0 Å². The van der Waals surface area contributed by atoms with E-state index in [0.717, 1.165) is 16.7 Å². The van der Waals surface area contributed by atoms with Gasteiger partial charge in [0.15, 0.2) is 5.82 Å². The molecule has 0 saturated carbocycles. The summed E-state index contributed by atoms with van der Waals surface area (Å²) in [7, 11) is 0. The van der Waals surface area contributed by atoms with Crippen molar-refractivity contribution >= 4 is 40.2 Å². The van der Waals surface area contributed by atoms with Gasteiger partial charge in [-0.25, -0.2) is 4.98 Å². The Morgan fingerprint density at radius 1 is 1.40 bits per heavy atom. The molecule has 0 radical (unpaired) electrons. The molecule has 84 valence electrons. The summed E-state index contributed by atoms with van der Waals surface area (Å²) in [5, 5.41) is 4.75. The van der Waals surface area contributed by atoms with Crippen LogP contribution in [0.25, 0.3) is 0 Å². The molecular formula is C9H15N3S3. The average Bonchev–Trinajstić information content (AvgIpc) is 2.67. The molecule has 6 heteroatoms. The van der Waals surface area contributed by atoms with E-state index in [2.05, 4.69) is 28.5 Å². The molecule has 1 aromatic heterocycles. The van der Waals surface area contributed by atoms with Crippen LogP contribution in [0.4, 0.5) is 5.13 Å². The Bertz CT molecular complexity index is 307. The first-order valence-corrected chi connectivity index (χ1v) is 8.03. The summed E-state index contributed by atoms with van der Waals surface area (Å²) < 4.78 is 4.43. The van der Waals surface area contributed by atoms with Crippen LogP contribution in [0.3, 0.4) is 0 Å². The highest BCUT2D eigenvalue weighted by atomic mass is 32.2. The van der Waals surface area contributed by atoms with Crippen LogP contribution in [0, 0.1) is 0 Å². The maximum Gasteiger partial charge on any atom is 0.202 e. The second kappa shape index (κ2) is 5.41. The average molecular weight is 261 g/mol. The van der Waals surface area contributed by atoms with Crippen molar-refractivity contribution in [2.45, 2.75) is 25.1 Å². The van der Waals surface area contributed by atoms with Crippen LogP contribution in [0.5, 0.6) is 0 Å². The third-order valence-corrected chi connectivity index (χ3v) is 5.37. The highest BCUT2D eigenvalue weighted by Crippen LogP contribution is 2.36. The van der Waals surface area contributed by atoms with Gasteiger partial charge in [-0.05, 0) is 13.8 Å². The molecule has 1 N–H and O–H groups in total. The van der Waals surface area contributed by atoms with Gasteiger partial charge in [-0.1, -0.05) is 0 Å². The lowest BCUT2D eigenvalue weighted by Gasteiger charge is -2.17. The van der Waals surface area contributed by atoms with Crippen LogP contribution >= 0.6 is 35.1 Å². The lowest BCUT2D eigenvalue weighted by molar-refractivity contribution is 0.888. The Kier molecular flexibility index (Phi) is 4.16. The van der Waals surface area contributed by atoms with Gasteiger partial charge in [-0.3, -0.25) is 0 Å². The minimum atomic E-state index is 0.430. The van der Waals surface area contributed by atoms with Gasteiger partial charge < -0.3 is 5.32 Å². The Hall–Kier alpha value is 0.0600. The van der Waals surface area contributed by atoms with E-state index in [1.54, 1.807) is 0 Å². The third kappa shape index (κ3) is 3.26. The number of hydrogen-bond donors (Lipinski definition) is 1. The van der Waals surface area contributed by atoms with Gasteiger partial charge in [-0.15, -0.1) is 11.8 Å². The molecule has 0 bridgehead atoms. The zero-order valence-corrected chi connectivity index (χ0v) is 11.3. The van der Waals surface area contributed by atoms with Crippen LogP contribution in [0.15, 0.2) is 0 Å². The minimum Gasteiger partial charge on any atom is -0.358 e. The largest absolute Gasteiger partial charge is 0.358 e. The Balaban J connectivity index is 1.99. The van der Waals surface area contributed by atoms with Gasteiger partial charge in [0.25, 0.3) is 0 Å². The van der Waals surface area contributed by atoms with E-state index in [1.165, 1.54) is 23.0 Å². The summed E-state index contributed by atoms with van der Waals surface area (Å²) in [6, 6.07) is 0.430. The Morgan fingerprint density at radius 3 is 2.93 bits per heavy atom. The zero-order chi connectivity index (χ0) is 10.7. The van der Waals surface area contributed by atoms with Gasteiger partial charge in [0, 0.05) is 34.8 Å². The maximum atomic E-state index is 4.54. The molecule has 1 unspecified atom stereocenters. The zero-order valence-electron chi connectivity index (χ0n) is 8.90. The first-order chi connectivity index (χ1) is 7.25. The standard InChI is InChI=1S/C9H15N3S3/c1-6(2)10-9-11-8(12-15-9)7-5-13-3-4-14-7/h6-7H,3-5H2,1-2H3,(H,10,11,12). The number of nitrogens with one attached hydrogen (secondary N) is 1. The summed E-state index contributed by atoms with van der Waals surface area (Å²) in [6.07, 6.45) is 0. The lowest BCUT2D eigenvalue weighted by Crippen LogP contribution is -2.10. The highest BCUT2D eigenvalue weighted by Gasteiger charge is 2.20. The first-order valence-electron chi connectivity index (χ1n) is 5.05. The van der Waals surface area contributed by atoms with Crippen LogP contribution < -0.4 is 5.32 Å². The number of anilines is 1. The summed E-state index contributed by atoms with van der Waals surface area (Å²) in [5.74, 6) is 4.66. The second-order valence-corrected chi connectivity index (χ2v) is 6.90. The van der Waals surface area contributed by atoms with Crippen LogP contribution in [-0.4, -0.2) is 32.7 Å². The molecule has 1 atom stereocenters. The van der Waals surface area contributed by atoms with Crippen molar-refractivity contribution in [1.82, 2.24) is 9.36 Å². The highest BCUT2D eigenvalue weighted by molar-refractivity contribution is 8.06. The summed E-state index contributed by atoms with van der Waals surface area (Å²) >= 11 is 5.46. The third-order valence-electron chi connectivity index (χ3n) is 1.96. The van der Waals surface area contributed by atoms with Crippen molar-refractivity contribution in [1.29, 1.82) is 0 Å². The normalized spacial score (nSPS) is 21.9. The van der Waals surface area contributed by atoms with Crippen LogP contribution in [-0.2, 0) is 0 Å². The summed E-state index contributed by atoms with van der Waals surface area (Å²) in [5.41, 5.74) is 0. The molecule has 2 rings (SSSR count). The Labute approximate surface area is 103 Å². The second-order valence-electron chi connectivity index (χ2n) is 3.69. The number of aromatic nitrogens is 2. The summed E-state index contributed by atoms with van der Waals surface area (Å²) in [6.45, 7) is 4.23. The predicted octanol–water partition coefficient (Wildman–Crippen LogP) is 2.88. The summed E-state index contributed by atoms with van der Waals surface area (Å²) in [4.78, 5) is 4.54. The molecule has 1 aliphatic rings. The number of hydrogen-bond acceptors (Lipinski definition) is 6. The van der Waals surface area contributed by atoms with Crippen molar-refractivity contribution in [3.8, 4) is 0 Å². The molecule has 1 saturated heterocycles. The van der Waals surface area contributed by atoms with E-state index >= 15 is 0 Å². The molecule has 1 aromatic rings. The fourth-order valence-electron chi connectivity index (χ4n) is 1.31. The molecule has 3 nitrogen and oxygen atoms in total. The Morgan fingerprint density at radius 2 is 2.27 bits per heavy atom. The smallest absolute Gasteiger partial charge is 0.202 e. The molecule has 0 aromatic carbocycles. The topological polar surface area (TPSA) is 37.8 Å². The lowest BCUT2D eigenvalue weighted by atomic mass is 10.4. The van der Waals surface area contributed by atoms with Crippen LogP contribution in [0.1, 0.15) is 24.9 Å². The molecule has 0 amide bonds. The van der Waals surface area contributed by atoms with E-state index in [4.69, 9.17) is 0 Å². The molecule has 1 fully saturated rings. The van der Waals surface area contributed by atoms with Gasteiger partial charge in [0.1, 0.15) is 0 Å². The van der Waals surface area contributed by atoms with Gasteiger partial charge in [0.05, 0.1) is 5.25 Å². The van der Waals surface area contributed by atoms with Gasteiger partial charge in [-0.2, -0.15) is 16.1 Å². The SMILES string of the molecule is CC(C)Nc1nc(C2CSCCS2)ns1. The van der Waals surface area contributed by atoms with E-state index in [1.807, 2.05) is 23.5 Å². The maximum absolute atomic E-state index is 4.54. The monoisotopic (exact) mass is 261 g/mol. The molecule has 1 aliphatic heterocycles. The van der Waals surface area contributed by atoms with Crippen molar-refractivity contribution in [2.24, 2.45) is 0 Å². The van der Waals surface area contributed by atoms with E-state index in [0.29, 0.717) is 11.3 Å².